The van der Waals surface area contributed by atoms with Gasteiger partial charge in [-0.3, -0.25) is 4.79 Å². The number of carbonyl (C=O) groups excluding carboxylic acids is 1. The number of carbonyl (C=O) groups is 1. The normalized spacial score (nSPS) is 18.2. The molecule has 1 saturated carbocycles. The summed E-state index contributed by atoms with van der Waals surface area (Å²) in [5.74, 6) is 0.733. The molecule has 0 saturated heterocycles. The monoisotopic (exact) mass is 272 g/mol. The van der Waals surface area contributed by atoms with Crippen LogP contribution in [0.1, 0.15) is 58.3 Å². The molecule has 0 heterocycles. The van der Waals surface area contributed by atoms with Gasteiger partial charge in [0.1, 0.15) is 6.61 Å². The third-order valence-electron chi connectivity index (χ3n) is 3.75. The standard InChI is InChI=1S/C15H28O4/c1-13(17-2)18-11-12-19-15(16)10-6-9-14-7-4-3-5-8-14/h13-14H,3-12H2,1-2H3. The summed E-state index contributed by atoms with van der Waals surface area (Å²) in [5.41, 5.74) is 0. The third-order valence-corrected chi connectivity index (χ3v) is 3.75. The van der Waals surface area contributed by atoms with Gasteiger partial charge in [-0.15, -0.1) is 0 Å². The van der Waals surface area contributed by atoms with Gasteiger partial charge in [-0.25, -0.2) is 0 Å². The van der Waals surface area contributed by atoms with Gasteiger partial charge in [0.25, 0.3) is 0 Å². The van der Waals surface area contributed by atoms with Crippen molar-refractivity contribution >= 4 is 5.97 Å². The molecule has 112 valence electrons. The summed E-state index contributed by atoms with van der Waals surface area (Å²) < 4.78 is 15.3. The average Bonchev–Trinajstić information content (AvgIpc) is 2.44. The van der Waals surface area contributed by atoms with Gasteiger partial charge >= 0.3 is 5.97 Å². The van der Waals surface area contributed by atoms with Gasteiger partial charge in [-0.1, -0.05) is 32.1 Å². The van der Waals surface area contributed by atoms with E-state index in [-0.39, 0.29) is 12.3 Å². The molecule has 0 spiro atoms. The van der Waals surface area contributed by atoms with E-state index in [0.29, 0.717) is 19.6 Å². The number of methoxy groups -OCH3 is 1. The van der Waals surface area contributed by atoms with Gasteiger partial charge < -0.3 is 14.2 Å². The predicted molar refractivity (Wildman–Crippen MR) is 73.8 cm³/mol. The van der Waals surface area contributed by atoms with Crippen LogP contribution in [-0.4, -0.2) is 32.6 Å². The number of rotatable bonds is 9. The summed E-state index contributed by atoms with van der Waals surface area (Å²) in [6, 6.07) is 0. The van der Waals surface area contributed by atoms with Crippen molar-refractivity contribution in [1.82, 2.24) is 0 Å². The zero-order chi connectivity index (χ0) is 13.9. The van der Waals surface area contributed by atoms with E-state index in [1.807, 2.05) is 6.92 Å². The highest BCUT2D eigenvalue weighted by atomic mass is 16.7. The highest BCUT2D eigenvalue weighted by Crippen LogP contribution is 2.27. The fourth-order valence-corrected chi connectivity index (χ4v) is 2.52. The second kappa shape index (κ2) is 10.2. The molecule has 1 unspecified atom stereocenters. The van der Waals surface area contributed by atoms with Crippen molar-refractivity contribution in [2.45, 2.75) is 64.6 Å². The smallest absolute Gasteiger partial charge is 0.305 e. The van der Waals surface area contributed by atoms with E-state index in [4.69, 9.17) is 14.2 Å². The maximum atomic E-state index is 11.5. The summed E-state index contributed by atoms with van der Waals surface area (Å²) in [5, 5.41) is 0. The quantitative estimate of drug-likeness (QED) is 0.367. The van der Waals surface area contributed by atoms with Crippen molar-refractivity contribution in [3.8, 4) is 0 Å². The molecule has 1 aliphatic carbocycles. The Hall–Kier alpha value is -0.610. The van der Waals surface area contributed by atoms with Crippen molar-refractivity contribution in [2.75, 3.05) is 20.3 Å². The van der Waals surface area contributed by atoms with Crippen molar-refractivity contribution in [2.24, 2.45) is 5.92 Å². The summed E-state index contributed by atoms with van der Waals surface area (Å²) in [4.78, 5) is 11.5. The number of hydrogen-bond acceptors (Lipinski definition) is 4. The van der Waals surface area contributed by atoms with Crippen LogP contribution in [-0.2, 0) is 19.0 Å². The number of ether oxygens (including phenoxy) is 3. The lowest BCUT2D eigenvalue weighted by atomic mass is 9.86. The molecular weight excluding hydrogens is 244 g/mol. The summed E-state index contributed by atoms with van der Waals surface area (Å²) in [6.45, 7) is 2.52. The SMILES string of the molecule is COC(C)OCCOC(=O)CCCC1CCCCC1. The third kappa shape index (κ3) is 8.22. The number of hydrogen-bond donors (Lipinski definition) is 0. The second-order valence-electron chi connectivity index (χ2n) is 5.29. The van der Waals surface area contributed by atoms with Crippen LogP contribution in [0.5, 0.6) is 0 Å². The first kappa shape index (κ1) is 16.4. The fourth-order valence-electron chi connectivity index (χ4n) is 2.52. The van der Waals surface area contributed by atoms with Crippen molar-refractivity contribution in [3.63, 3.8) is 0 Å². The fraction of sp³-hybridized carbons (Fsp3) is 0.933. The van der Waals surface area contributed by atoms with Crippen LogP contribution in [0.4, 0.5) is 0 Å². The first-order valence-electron chi connectivity index (χ1n) is 7.52. The van der Waals surface area contributed by atoms with Crippen molar-refractivity contribution < 1.29 is 19.0 Å². The summed E-state index contributed by atoms with van der Waals surface area (Å²) in [7, 11) is 1.59. The zero-order valence-corrected chi connectivity index (χ0v) is 12.4. The molecule has 1 atom stereocenters. The largest absolute Gasteiger partial charge is 0.463 e. The van der Waals surface area contributed by atoms with E-state index in [1.165, 1.54) is 38.5 Å². The Balaban J connectivity index is 1.92. The Morgan fingerprint density at radius 1 is 1.21 bits per heavy atom. The van der Waals surface area contributed by atoms with Crippen LogP contribution in [0.25, 0.3) is 0 Å². The van der Waals surface area contributed by atoms with Crippen molar-refractivity contribution in [1.29, 1.82) is 0 Å². The van der Waals surface area contributed by atoms with Crippen LogP contribution < -0.4 is 0 Å². The Morgan fingerprint density at radius 3 is 2.63 bits per heavy atom. The van der Waals surface area contributed by atoms with Crippen LogP contribution in [0.2, 0.25) is 0 Å². The van der Waals surface area contributed by atoms with E-state index in [9.17, 15) is 4.79 Å². The average molecular weight is 272 g/mol. The lowest BCUT2D eigenvalue weighted by Crippen LogP contribution is -2.16. The molecule has 4 nitrogen and oxygen atoms in total. The molecule has 0 aromatic rings. The zero-order valence-electron chi connectivity index (χ0n) is 12.4. The lowest BCUT2D eigenvalue weighted by molar-refractivity contribution is -0.152. The minimum absolute atomic E-state index is 0.107. The first-order chi connectivity index (χ1) is 9.22. The molecule has 0 bridgehead atoms. The van der Waals surface area contributed by atoms with Crippen LogP contribution in [0, 0.1) is 5.92 Å². The van der Waals surface area contributed by atoms with Crippen LogP contribution >= 0.6 is 0 Å². The summed E-state index contributed by atoms with van der Waals surface area (Å²) >= 11 is 0. The van der Waals surface area contributed by atoms with Gasteiger partial charge in [-0.2, -0.15) is 0 Å². The minimum atomic E-state index is -0.245. The maximum absolute atomic E-state index is 11.5. The van der Waals surface area contributed by atoms with Crippen molar-refractivity contribution in [3.05, 3.63) is 0 Å². The molecule has 1 rings (SSSR count). The molecule has 0 amide bonds. The Kier molecular flexibility index (Phi) is 8.84. The summed E-state index contributed by atoms with van der Waals surface area (Å²) in [6.07, 6.45) is 9.23. The van der Waals surface area contributed by atoms with E-state index in [2.05, 4.69) is 0 Å². The molecule has 4 heteroatoms. The highest BCUT2D eigenvalue weighted by Gasteiger charge is 2.13. The first-order valence-corrected chi connectivity index (χ1v) is 7.52. The molecule has 19 heavy (non-hydrogen) atoms. The van der Waals surface area contributed by atoms with Crippen LogP contribution in [0.3, 0.4) is 0 Å². The van der Waals surface area contributed by atoms with Gasteiger partial charge in [-0.05, 0) is 25.7 Å². The molecule has 1 fully saturated rings. The molecular formula is C15H28O4. The molecule has 1 aliphatic rings. The highest BCUT2D eigenvalue weighted by molar-refractivity contribution is 5.69. The molecule has 0 radical (unpaired) electrons. The van der Waals surface area contributed by atoms with Gasteiger partial charge in [0.2, 0.25) is 0 Å². The molecule has 0 N–H and O–H groups in total. The van der Waals surface area contributed by atoms with E-state index in [0.717, 1.165) is 12.3 Å². The Labute approximate surface area is 116 Å². The van der Waals surface area contributed by atoms with Gasteiger partial charge in [0, 0.05) is 13.5 Å². The molecule has 0 aromatic carbocycles. The van der Waals surface area contributed by atoms with Crippen LogP contribution in [0.15, 0.2) is 0 Å². The van der Waals surface area contributed by atoms with Gasteiger partial charge in [0.05, 0.1) is 6.61 Å². The second-order valence-corrected chi connectivity index (χ2v) is 5.29. The Bertz CT molecular complexity index is 236. The molecule has 0 aromatic heterocycles. The lowest BCUT2D eigenvalue weighted by Gasteiger charge is -2.21. The molecule has 0 aliphatic heterocycles. The van der Waals surface area contributed by atoms with Gasteiger partial charge in [0.15, 0.2) is 6.29 Å². The van der Waals surface area contributed by atoms with E-state index in [1.54, 1.807) is 7.11 Å². The van der Waals surface area contributed by atoms with E-state index < -0.39 is 0 Å². The minimum Gasteiger partial charge on any atom is -0.463 e. The maximum Gasteiger partial charge on any atom is 0.305 e. The predicted octanol–water partition coefficient (Wildman–Crippen LogP) is 3.29. The topological polar surface area (TPSA) is 44.8 Å². The Morgan fingerprint density at radius 2 is 1.95 bits per heavy atom. The van der Waals surface area contributed by atoms with E-state index >= 15 is 0 Å². The number of esters is 1.